The molecule has 0 radical (unpaired) electrons. The van der Waals surface area contributed by atoms with Gasteiger partial charge in [-0.1, -0.05) is 12.1 Å². The number of carbonyl (C=O) groups is 1. The second-order valence-electron chi connectivity index (χ2n) is 3.41. The summed E-state index contributed by atoms with van der Waals surface area (Å²) >= 11 is 0. The van der Waals surface area contributed by atoms with Crippen LogP contribution in [0, 0.1) is 11.3 Å². The van der Waals surface area contributed by atoms with Gasteiger partial charge in [-0.15, -0.1) is 0 Å². The molecule has 1 amide bonds. The predicted octanol–water partition coefficient (Wildman–Crippen LogP) is 0.762. The van der Waals surface area contributed by atoms with Crippen LogP contribution in [0.1, 0.15) is 18.1 Å². The molecule has 1 aromatic rings. The third-order valence-corrected chi connectivity index (χ3v) is 1.97. The molecule has 0 fully saturated rings. The normalized spacial score (nSPS) is 10.5. The van der Waals surface area contributed by atoms with Gasteiger partial charge in [-0.05, 0) is 30.7 Å². The average Bonchev–Trinajstić information content (AvgIpc) is 2.28. The lowest BCUT2D eigenvalue weighted by atomic mass is 10.1. The molecule has 0 aliphatic heterocycles. The number of nitrogens with two attached hydrogens (primary N) is 2. The van der Waals surface area contributed by atoms with Crippen molar-refractivity contribution in [1.82, 2.24) is 0 Å². The van der Waals surface area contributed by atoms with Crippen molar-refractivity contribution in [1.29, 1.82) is 5.26 Å². The second kappa shape index (κ2) is 5.47. The van der Waals surface area contributed by atoms with Gasteiger partial charge >= 0.3 is 0 Å². The van der Waals surface area contributed by atoms with Crippen LogP contribution in [0.5, 0.6) is 0 Å². The van der Waals surface area contributed by atoms with E-state index in [4.69, 9.17) is 16.7 Å². The third kappa shape index (κ3) is 3.80. The summed E-state index contributed by atoms with van der Waals surface area (Å²) in [6.45, 7) is 1.60. The molecule has 5 nitrogen and oxygen atoms in total. The summed E-state index contributed by atoms with van der Waals surface area (Å²) in [5.74, 6) is -0.763. The minimum Gasteiger partial charge on any atom is -0.370 e. The van der Waals surface area contributed by atoms with Gasteiger partial charge in [0.25, 0.3) is 5.91 Å². The van der Waals surface area contributed by atoms with Crippen LogP contribution in [0.3, 0.4) is 0 Å². The van der Waals surface area contributed by atoms with Crippen LogP contribution >= 0.6 is 0 Å². The van der Waals surface area contributed by atoms with E-state index in [0.717, 1.165) is 5.56 Å². The van der Waals surface area contributed by atoms with Crippen LogP contribution in [0.2, 0.25) is 0 Å². The SMILES string of the molecule is C/C(=C\c1cccc(C#N)c1)C(=O)N=C(N)N. The van der Waals surface area contributed by atoms with Gasteiger partial charge in [0.05, 0.1) is 11.6 Å². The summed E-state index contributed by atoms with van der Waals surface area (Å²) in [4.78, 5) is 14.8. The molecule has 0 spiro atoms. The summed E-state index contributed by atoms with van der Waals surface area (Å²) in [5.41, 5.74) is 11.9. The Labute approximate surface area is 99.1 Å². The van der Waals surface area contributed by atoms with Crippen molar-refractivity contribution in [3.05, 3.63) is 41.0 Å². The molecule has 0 heterocycles. The maximum Gasteiger partial charge on any atom is 0.275 e. The molecular weight excluding hydrogens is 216 g/mol. The number of benzene rings is 1. The first-order valence-corrected chi connectivity index (χ1v) is 4.85. The molecule has 5 heteroatoms. The molecule has 0 unspecified atom stereocenters. The van der Waals surface area contributed by atoms with Crippen molar-refractivity contribution in [3.63, 3.8) is 0 Å². The topological polar surface area (TPSA) is 105 Å². The van der Waals surface area contributed by atoms with Gasteiger partial charge in [-0.25, -0.2) is 0 Å². The fourth-order valence-electron chi connectivity index (χ4n) is 1.22. The molecular formula is C12H12N4O. The molecule has 0 aliphatic rings. The van der Waals surface area contributed by atoms with E-state index >= 15 is 0 Å². The zero-order valence-electron chi connectivity index (χ0n) is 9.34. The lowest BCUT2D eigenvalue weighted by Gasteiger charge is -1.98. The number of aliphatic imine (C=N–C) groups is 1. The van der Waals surface area contributed by atoms with Gasteiger partial charge in [0.1, 0.15) is 0 Å². The zero-order chi connectivity index (χ0) is 12.8. The van der Waals surface area contributed by atoms with Gasteiger partial charge in [-0.3, -0.25) is 4.79 Å². The molecule has 4 N–H and O–H groups in total. The van der Waals surface area contributed by atoms with E-state index in [1.807, 2.05) is 6.07 Å². The first-order valence-electron chi connectivity index (χ1n) is 4.85. The first-order chi connectivity index (χ1) is 8.02. The number of rotatable bonds is 2. The van der Waals surface area contributed by atoms with Crippen LogP contribution in [-0.4, -0.2) is 11.9 Å². The van der Waals surface area contributed by atoms with E-state index in [1.165, 1.54) is 0 Å². The number of nitriles is 1. The highest BCUT2D eigenvalue weighted by molar-refractivity contribution is 6.03. The Kier molecular flexibility index (Phi) is 4.01. The smallest absolute Gasteiger partial charge is 0.275 e. The molecule has 0 aromatic heterocycles. The van der Waals surface area contributed by atoms with Crippen molar-refractivity contribution in [3.8, 4) is 6.07 Å². The maximum absolute atomic E-state index is 11.4. The summed E-state index contributed by atoms with van der Waals surface area (Å²) in [7, 11) is 0. The number of amides is 1. The number of hydrogen-bond donors (Lipinski definition) is 2. The van der Waals surface area contributed by atoms with Crippen molar-refractivity contribution in [2.45, 2.75) is 6.92 Å². The summed E-state index contributed by atoms with van der Waals surface area (Å²) in [5, 5.41) is 8.73. The number of guanidine groups is 1. The van der Waals surface area contributed by atoms with Gasteiger partial charge in [0.15, 0.2) is 5.96 Å². The van der Waals surface area contributed by atoms with Crippen molar-refractivity contribution < 1.29 is 4.79 Å². The van der Waals surface area contributed by atoms with E-state index in [9.17, 15) is 4.79 Å². The molecule has 0 aliphatic carbocycles. The van der Waals surface area contributed by atoms with E-state index in [-0.39, 0.29) is 5.96 Å². The largest absolute Gasteiger partial charge is 0.370 e. The van der Waals surface area contributed by atoms with Crippen LogP contribution in [0.15, 0.2) is 34.8 Å². The van der Waals surface area contributed by atoms with Gasteiger partial charge in [-0.2, -0.15) is 10.3 Å². The van der Waals surface area contributed by atoms with Crippen LogP contribution in [0.4, 0.5) is 0 Å². The average molecular weight is 228 g/mol. The Balaban J connectivity index is 2.99. The van der Waals surface area contributed by atoms with Crippen LogP contribution < -0.4 is 11.5 Å². The Bertz CT molecular complexity index is 534. The van der Waals surface area contributed by atoms with Crippen molar-refractivity contribution in [2.24, 2.45) is 16.5 Å². The summed E-state index contributed by atoms with van der Waals surface area (Å²) < 4.78 is 0. The second-order valence-corrected chi connectivity index (χ2v) is 3.41. The summed E-state index contributed by atoms with van der Waals surface area (Å²) in [6, 6.07) is 8.90. The lowest BCUT2D eigenvalue weighted by molar-refractivity contribution is -0.114. The predicted molar refractivity (Wildman–Crippen MR) is 65.6 cm³/mol. The minimum absolute atomic E-state index is 0.270. The highest BCUT2D eigenvalue weighted by atomic mass is 16.1. The van der Waals surface area contributed by atoms with Crippen molar-refractivity contribution >= 4 is 17.9 Å². The van der Waals surface area contributed by atoms with Gasteiger partial charge in [0.2, 0.25) is 0 Å². The standard InChI is InChI=1S/C12H12N4O/c1-8(11(17)16-12(14)15)5-9-3-2-4-10(6-9)7-13/h2-6H,1H3,(H4,14,15,16,17)/b8-5+. The zero-order valence-corrected chi connectivity index (χ0v) is 9.34. The number of carbonyl (C=O) groups excluding carboxylic acids is 1. The Morgan fingerprint density at radius 1 is 1.47 bits per heavy atom. The first kappa shape index (κ1) is 12.5. The quantitative estimate of drug-likeness (QED) is 0.443. The monoisotopic (exact) mass is 228 g/mol. The van der Waals surface area contributed by atoms with Crippen LogP contribution in [-0.2, 0) is 4.79 Å². The fraction of sp³-hybridized carbons (Fsp3) is 0.0833. The van der Waals surface area contributed by atoms with E-state index in [2.05, 4.69) is 4.99 Å². The minimum atomic E-state index is -0.493. The van der Waals surface area contributed by atoms with Gasteiger partial charge < -0.3 is 11.5 Å². The van der Waals surface area contributed by atoms with Crippen LogP contribution in [0.25, 0.3) is 6.08 Å². The molecule has 1 aromatic carbocycles. The molecule has 0 saturated heterocycles. The van der Waals surface area contributed by atoms with E-state index in [1.54, 1.807) is 37.3 Å². The Morgan fingerprint density at radius 3 is 2.76 bits per heavy atom. The maximum atomic E-state index is 11.4. The van der Waals surface area contributed by atoms with Crippen molar-refractivity contribution in [2.75, 3.05) is 0 Å². The molecule has 1 rings (SSSR count). The van der Waals surface area contributed by atoms with Gasteiger partial charge in [0, 0.05) is 5.57 Å². The molecule has 0 saturated carbocycles. The molecule has 17 heavy (non-hydrogen) atoms. The number of hydrogen-bond acceptors (Lipinski definition) is 2. The highest BCUT2D eigenvalue weighted by Gasteiger charge is 2.03. The lowest BCUT2D eigenvalue weighted by Crippen LogP contribution is -2.24. The summed E-state index contributed by atoms with van der Waals surface area (Å²) in [6.07, 6.45) is 1.62. The Hall–Kier alpha value is -2.61. The van der Waals surface area contributed by atoms with E-state index < -0.39 is 5.91 Å². The Morgan fingerprint density at radius 2 is 2.18 bits per heavy atom. The fourth-order valence-corrected chi connectivity index (χ4v) is 1.22. The van der Waals surface area contributed by atoms with E-state index in [0.29, 0.717) is 11.1 Å². The molecule has 86 valence electrons. The number of nitrogens with zero attached hydrogens (tertiary/aromatic N) is 2. The highest BCUT2D eigenvalue weighted by Crippen LogP contribution is 2.10. The molecule has 0 bridgehead atoms. The molecule has 0 atom stereocenters. The third-order valence-electron chi connectivity index (χ3n) is 1.97.